The van der Waals surface area contributed by atoms with Gasteiger partial charge in [0.25, 0.3) is 0 Å². The minimum atomic E-state index is -1.40. The van der Waals surface area contributed by atoms with E-state index in [1.165, 1.54) is 0 Å². The van der Waals surface area contributed by atoms with Crippen molar-refractivity contribution < 1.29 is 38.9 Å². The molecule has 0 aliphatic heterocycles. The summed E-state index contributed by atoms with van der Waals surface area (Å²) in [6, 6.07) is 0. The summed E-state index contributed by atoms with van der Waals surface area (Å²) in [6.45, 7) is 7.46. The van der Waals surface area contributed by atoms with Crippen molar-refractivity contribution in [1.29, 1.82) is 0 Å². The number of esters is 2. The maximum absolute atomic E-state index is 10.8. The van der Waals surface area contributed by atoms with Crippen molar-refractivity contribution in [3.8, 4) is 0 Å². The summed E-state index contributed by atoms with van der Waals surface area (Å²) < 4.78 is 9.65. The molecular formula is C18H26BaO8. The number of carboxylic acids is 2. The molecule has 0 aliphatic carbocycles. The standard InChI is InChI=1S/2C9H14O4.Ba/c2*1-3-4-7(2)13-9(12)6-5-8(10)11;/h2*5-7H,3-4H2,1-2H3,(H,10,11);/q;;+2/p-2/b2*6-5-;. The summed E-state index contributed by atoms with van der Waals surface area (Å²) in [5.41, 5.74) is 0. The van der Waals surface area contributed by atoms with Crippen molar-refractivity contribution in [1.82, 2.24) is 0 Å². The molecule has 8 nitrogen and oxygen atoms in total. The zero-order valence-electron chi connectivity index (χ0n) is 16.3. The van der Waals surface area contributed by atoms with Crippen LogP contribution in [0.15, 0.2) is 24.3 Å². The molecule has 0 aromatic heterocycles. The SMILES string of the molecule is CCCC(C)OC(=O)/C=C\C(=O)[O-].CCCC(C)OC(=O)/C=C\C(=O)[O-].[Ba+2]. The minimum Gasteiger partial charge on any atom is -0.545 e. The first-order valence-electron chi connectivity index (χ1n) is 8.31. The van der Waals surface area contributed by atoms with E-state index in [4.69, 9.17) is 9.47 Å². The van der Waals surface area contributed by atoms with Crippen LogP contribution in [0.25, 0.3) is 0 Å². The summed E-state index contributed by atoms with van der Waals surface area (Å²) in [4.78, 5) is 41.5. The number of rotatable bonds is 10. The molecule has 0 bridgehead atoms. The number of hydrogen-bond acceptors (Lipinski definition) is 8. The maximum atomic E-state index is 10.8. The topological polar surface area (TPSA) is 133 Å². The predicted octanol–water partition coefficient (Wildman–Crippen LogP) is -0.332. The van der Waals surface area contributed by atoms with Gasteiger partial charge in [0.15, 0.2) is 0 Å². The molecule has 0 saturated heterocycles. The second kappa shape index (κ2) is 19.7. The zero-order valence-corrected chi connectivity index (χ0v) is 20.7. The van der Waals surface area contributed by atoms with Crippen molar-refractivity contribution in [2.24, 2.45) is 0 Å². The Hall–Kier alpha value is -1.07. The molecule has 0 rings (SSSR count). The summed E-state index contributed by atoms with van der Waals surface area (Å²) in [7, 11) is 0. The van der Waals surface area contributed by atoms with Crippen LogP contribution >= 0.6 is 0 Å². The van der Waals surface area contributed by atoms with Crippen molar-refractivity contribution in [2.75, 3.05) is 0 Å². The predicted molar refractivity (Wildman–Crippen MR) is 95.0 cm³/mol. The van der Waals surface area contributed by atoms with Gasteiger partial charge in [0, 0.05) is 12.2 Å². The summed E-state index contributed by atoms with van der Waals surface area (Å²) >= 11 is 0. The molecule has 0 aliphatic rings. The first-order valence-corrected chi connectivity index (χ1v) is 8.31. The molecule has 27 heavy (non-hydrogen) atoms. The fourth-order valence-corrected chi connectivity index (χ4v) is 1.68. The van der Waals surface area contributed by atoms with Crippen molar-refractivity contribution in [3.05, 3.63) is 24.3 Å². The van der Waals surface area contributed by atoms with Gasteiger partial charge in [-0.1, -0.05) is 26.7 Å². The van der Waals surface area contributed by atoms with E-state index in [9.17, 15) is 29.4 Å². The van der Waals surface area contributed by atoms with E-state index in [1.807, 2.05) is 13.8 Å². The zero-order chi connectivity index (χ0) is 20.5. The largest absolute Gasteiger partial charge is 2.00 e. The first kappa shape index (κ1) is 30.7. The molecule has 0 fully saturated rings. The normalized spacial score (nSPS) is 12.3. The third-order valence-electron chi connectivity index (χ3n) is 2.74. The Labute approximate surface area is 200 Å². The van der Waals surface area contributed by atoms with Crippen LogP contribution in [0.3, 0.4) is 0 Å². The Morgan fingerprint density at radius 1 is 0.741 bits per heavy atom. The molecule has 0 spiro atoms. The van der Waals surface area contributed by atoms with Gasteiger partial charge in [0.05, 0.1) is 24.1 Å². The van der Waals surface area contributed by atoms with Crippen molar-refractivity contribution in [2.45, 2.75) is 65.6 Å². The second-order valence-corrected chi connectivity index (χ2v) is 5.38. The van der Waals surface area contributed by atoms with E-state index in [0.717, 1.165) is 37.8 Å². The number of ether oxygens (including phenoxy) is 2. The van der Waals surface area contributed by atoms with Crippen LogP contribution in [-0.4, -0.2) is 85.0 Å². The smallest absolute Gasteiger partial charge is 0.545 e. The Bertz CT molecular complexity index is 467. The molecule has 148 valence electrons. The first-order chi connectivity index (χ1) is 12.1. The summed E-state index contributed by atoms with van der Waals surface area (Å²) in [6.07, 6.45) is 6.02. The number of hydrogen-bond donors (Lipinski definition) is 0. The Kier molecular flexibility index (Phi) is 22.3. The minimum absolute atomic E-state index is 0. The monoisotopic (exact) mass is 508 g/mol. The molecule has 0 radical (unpaired) electrons. The van der Waals surface area contributed by atoms with Crippen LogP contribution in [0, 0.1) is 0 Å². The van der Waals surface area contributed by atoms with Gasteiger partial charge in [-0.05, 0) is 38.8 Å². The molecule has 0 heterocycles. The molecule has 9 heteroatoms. The van der Waals surface area contributed by atoms with Gasteiger partial charge in [0.2, 0.25) is 0 Å². The van der Waals surface area contributed by atoms with Crippen LogP contribution in [0.5, 0.6) is 0 Å². The molecule has 2 atom stereocenters. The van der Waals surface area contributed by atoms with Crippen molar-refractivity contribution >= 4 is 72.8 Å². The van der Waals surface area contributed by atoms with Gasteiger partial charge in [-0.25, -0.2) is 9.59 Å². The third kappa shape index (κ3) is 24.9. The molecule has 0 aromatic carbocycles. The molecule has 0 aromatic rings. The molecule has 0 saturated carbocycles. The van der Waals surface area contributed by atoms with Gasteiger partial charge < -0.3 is 29.3 Å². The average Bonchev–Trinajstić information content (AvgIpc) is 2.52. The van der Waals surface area contributed by atoms with Crippen LogP contribution < -0.4 is 10.2 Å². The van der Waals surface area contributed by atoms with E-state index >= 15 is 0 Å². The fraction of sp³-hybridized carbons (Fsp3) is 0.556. The van der Waals surface area contributed by atoms with E-state index in [0.29, 0.717) is 12.2 Å². The van der Waals surface area contributed by atoms with Crippen LogP contribution in [0.1, 0.15) is 53.4 Å². The Balaban J connectivity index is -0.000000411. The van der Waals surface area contributed by atoms with Gasteiger partial charge in [0.1, 0.15) is 0 Å². The van der Waals surface area contributed by atoms with E-state index in [-0.39, 0.29) is 61.1 Å². The molecule has 0 amide bonds. The Morgan fingerprint density at radius 3 is 1.26 bits per heavy atom. The average molecular weight is 508 g/mol. The van der Waals surface area contributed by atoms with Gasteiger partial charge in [-0.15, -0.1) is 0 Å². The van der Waals surface area contributed by atoms with Gasteiger partial charge >= 0.3 is 60.8 Å². The number of aliphatic carboxylic acids is 2. The number of carbonyl (C=O) groups is 4. The second-order valence-electron chi connectivity index (χ2n) is 5.38. The third-order valence-corrected chi connectivity index (χ3v) is 2.74. The van der Waals surface area contributed by atoms with E-state index < -0.39 is 23.9 Å². The van der Waals surface area contributed by atoms with Gasteiger partial charge in [-0.2, -0.15) is 0 Å². The summed E-state index contributed by atoms with van der Waals surface area (Å²) in [5.74, 6) is -4.10. The van der Waals surface area contributed by atoms with Crippen LogP contribution in [0.2, 0.25) is 0 Å². The van der Waals surface area contributed by atoms with Gasteiger partial charge in [-0.3, -0.25) is 0 Å². The number of carbonyl (C=O) groups excluding carboxylic acids is 4. The van der Waals surface area contributed by atoms with Crippen molar-refractivity contribution in [3.63, 3.8) is 0 Å². The van der Waals surface area contributed by atoms with Crippen LogP contribution in [0.4, 0.5) is 0 Å². The molecular weight excluding hydrogens is 482 g/mol. The fourth-order valence-electron chi connectivity index (χ4n) is 1.68. The Morgan fingerprint density at radius 2 is 1.04 bits per heavy atom. The molecule has 2 unspecified atom stereocenters. The summed E-state index contributed by atoms with van der Waals surface area (Å²) in [5, 5.41) is 19.8. The van der Waals surface area contributed by atoms with E-state index in [2.05, 4.69) is 0 Å². The molecule has 0 N–H and O–H groups in total. The van der Waals surface area contributed by atoms with E-state index in [1.54, 1.807) is 13.8 Å². The maximum Gasteiger partial charge on any atom is 2.00 e. The van der Waals surface area contributed by atoms with Crippen LogP contribution in [-0.2, 0) is 28.7 Å². The number of carboxylic acid groups (broad SMARTS) is 2. The quantitative estimate of drug-likeness (QED) is 0.223.